The van der Waals surface area contributed by atoms with E-state index in [2.05, 4.69) is 0 Å². The summed E-state index contributed by atoms with van der Waals surface area (Å²) in [7, 11) is 0. The first kappa shape index (κ1) is 11.5. The second kappa shape index (κ2) is 5.81. The number of aliphatic hydroxyl groups excluding tert-OH is 1. The monoisotopic (exact) mass is 155 g/mol. The van der Waals surface area contributed by atoms with Crippen LogP contribution in [0.15, 0.2) is 0 Å². The lowest BCUT2D eigenvalue weighted by Crippen LogP contribution is -2.30. The molecule has 0 unspecified atom stereocenters. The zero-order chi connectivity index (χ0) is 6.57. The van der Waals surface area contributed by atoms with Crippen molar-refractivity contribution in [2.24, 2.45) is 5.73 Å². The van der Waals surface area contributed by atoms with Gasteiger partial charge in [0, 0.05) is 6.61 Å². The Kier molecular flexibility index (Phi) is 7.41. The first-order valence-electron chi connectivity index (χ1n) is 2.27. The van der Waals surface area contributed by atoms with Gasteiger partial charge in [0.1, 0.15) is 6.04 Å². The van der Waals surface area contributed by atoms with E-state index in [0.717, 1.165) is 0 Å². The van der Waals surface area contributed by atoms with Gasteiger partial charge >= 0.3 is 5.97 Å². The average molecular weight is 156 g/mol. The van der Waals surface area contributed by atoms with Crippen LogP contribution in [0.5, 0.6) is 0 Å². The lowest BCUT2D eigenvalue weighted by atomic mass is 10.2. The minimum atomic E-state index is -1.07. The van der Waals surface area contributed by atoms with E-state index in [4.69, 9.17) is 15.9 Å². The highest BCUT2D eigenvalue weighted by atomic mass is 35.5. The van der Waals surface area contributed by atoms with Gasteiger partial charge in [-0.2, -0.15) is 0 Å². The van der Waals surface area contributed by atoms with Crippen LogP contribution in [-0.2, 0) is 4.79 Å². The molecule has 4 nitrogen and oxygen atoms in total. The molecule has 1 atom stereocenters. The van der Waals surface area contributed by atoms with Crippen LogP contribution in [0.4, 0.5) is 0 Å². The van der Waals surface area contributed by atoms with Gasteiger partial charge in [0.05, 0.1) is 0 Å². The molecule has 0 aliphatic heterocycles. The second-order valence-electron chi connectivity index (χ2n) is 1.46. The Morgan fingerprint density at radius 1 is 1.67 bits per heavy atom. The van der Waals surface area contributed by atoms with Crippen LogP contribution >= 0.6 is 12.4 Å². The van der Waals surface area contributed by atoms with Crippen LogP contribution in [0.2, 0.25) is 0 Å². The fraction of sp³-hybridized carbons (Fsp3) is 0.750. The van der Waals surface area contributed by atoms with Gasteiger partial charge in [-0.05, 0) is 6.42 Å². The van der Waals surface area contributed by atoms with Gasteiger partial charge in [0.25, 0.3) is 0 Å². The van der Waals surface area contributed by atoms with Gasteiger partial charge in [-0.1, -0.05) is 0 Å². The number of hydrogen-bond acceptors (Lipinski definition) is 3. The molecule has 5 heteroatoms. The fourth-order valence-corrected chi connectivity index (χ4v) is 0.263. The number of carbonyl (C=O) groups is 1. The first-order valence-corrected chi connectivity index (χ1v) is 2.27. The summed E-state index contributed by atoms with van der Waals surface area (Å²) in [6.45, 7) is -0.173. The van der Waals surface area contributed by atoms with Crippen molar-refractivity contribution in [1.29, 1.82) is 0 Å². The third-order valence-corrected chi connectivity index (χ3v) is 0.757. The number of halogens is 1. The molecule has 0 saturated heterocycles. The lowest BCUT2D eigenvalue weighted by molar-refractivity contribution is -0.138. The Labute approximate surface area is 59.1 Å². The number of carboxylic acids is 1. The van der Waals surface area contributed by atoms with E-state index in [-0.39, 0.29) is 25.4 Å². The molecular weight excluding hydrogens is 146 g/mol. The highest BCUT2D eigenvalue weighted by molar-refractivity contribution is 5.85. The molecule has 0 heterocycles. The summed E-state index contributed by atoms with van der Waals surface area (Å²) in [5.41, 5.74) is 4.97. The molecule has 56 valence electrons. The van der Waals surface area contributed by atoms with E-state index < -0.39 is 12.0 Å². The molecule has 0 fully saturated rings. The summed E-state index contributed by atoms with van der Waals surface area (Å²) >= 11 is 0. The van der Waals surface area contributed by atoms with Gasteiger partial charge in [-0.3, -0.25) is 4.79 Å². The second-order valence-corrected chi connectivity index (χ2v) is 1.46. The number of aliphatic carboxylic acids is 1. The Morgan fingerprint density at radius 3 is 2.22 bits per heavy atom. The van der Waals surface area contributed by atoms with Gasteiger partial charge in [0.2, 0.25) is 0 Å². The summed E-state index contributed by atoms with van der Waals surface area (Å²) < 4.78 is 0. The molecule has 0 aliphatic carbocycles. The summed E-state index contributed by atoms with van der Waals surface area (Å²) in [6.07, 6.45) is 0.120. The van der Waals surface area contributed by atoms with Crippen LogP contribution in [0, 0.1) is 0 Å². The van der Waals surface area contributed by atoms with Crippen LogP contribution in [0.25, 0.3) is 0 Å². The number of hydrogen-bond donors (Lipinski definition) is 3. The minimum Gasteiger partial charge on any atom is -0.480 e. The van der Waals surface area contributed by atoms with E-state index >= 15 is 0 Å². The topological polar surface area (TPSA) is 83.5 Å². The molecule has 0 saturated carbocycles. The normalized spacial score (nSPS) is 11.8. The van der Waals surface area contributed by atoms with Crippen molar-refractivity contribution in [2.75, 3.05) is 6.61 Å². The van der Waals surface area contributed by atoms with E-state index in [1.807, 2.05) is 0 Å². The number of aliphatic hydroxyl groups is 1. The lowest BCUT2D eigenvalue weighted by Gasteiger charge is -2.00. The Balaban J connectivity index is 0. The zero-order valence-corrected chi connectivity index (χ0v) is 5.60. The standard InChI is InChI=1S/C4H9NO3.ClH/c5-3(1-2-6)4(7)8;/h3,6H,1-2,5H2,(H,7,8);1H/t3-;/m1./s1. The molecule has 0 aromatic rings. The first-order chi connectivity index (χ1) is 3.68. The van der Waals surface area contributed by atoms with E-state index in [0.29, 0.717) is 0 Å². The number of nitrogens with two attached hydrogens (primary N) is 1. The third kappa shape index (κ3) is 5.55. The average Bonchev–Trinajstić information content (AvgIpc) is 1.67. The molecule has 0 spiro atoms. The molecule has 4 N–H and O–H groups in total. The van der Waals surface area contributed by atoms with E-state index in [1.54, 1.807) is 0 Å². The van der Waals surface area contributed by atoms with Crippen molar-refractivity contribution < 1.29 is 15.0 Å². The molecule has 0 amide bonds. The Morgan fingerprint density at radius 2 is 2.11 bits per heavy atom. The Bertz CT molecular complexity index is 87.9. The maximum atomic E-state index is 9.85. The molecule has 0 aromatic carbocycles. The predicted molar refractivity (Wildman–Crippen MR) is 34.6 cm³/mol. The molecule has 0 rings (SSSR count). The van der Waals surface area contributed by atoms with Gasteiger partial charge in [-0.15, -0.1) is 12.4 Å². The van der Waals surface area contributed by atoms with Crippen LogP contribution in [-0.4, -0.2) is 28.8 Å². The maximum absolute atomic E-state index is 9.85. The van der Waals surface area contributed by atoms with Crippen molar-refractivity contribution in [3.63, 3.8) is 0 Å². The smallest absolute Gasteiger partial charge is 0.320 e. The van der Waals surface area contributed by atoms with Gasteiger partial charge < -0.3 is 15.9 Å². The quantitative estimate of drug-likeness (QED) is 0.499. The number of rotatable bonds is 3. The summed E-state index contributed by atoms with van der Waals surface area (Å²) in [4.78, 5) is 9.85. The molecule has 9 heavy (non-hydrogen) atoms. The zero-order valence-electron chi connectivity index (χ0n) is 4.78. The highest BCUT2D eigenvalue weighted by Gasteiger charge is 2.08. The largest absolute Gasteiger partial charge is 0.480 e. The van der Waals surface area contributed by atoms with Crippen LogP contribution in [0.1, 0.15) is 6.42 Å². The summed E-state index contributed by atoms with van der Waals surface area (Å²) in [5.74, 6) is -1.07. The SMILES string of the molecule is Cl.N[C@H](CCO)C(=O)O. The predicted octanol–water partition coefficient (Wildman–Crippen LogP) is -0.798. The van der Waals surface area contributed by atoms with Crippen molar-refractivity contribution in [3.8, 4) is 0 Å². The molecule has 0 aliphatic rings. The third-order valence-electron chi connectivity index (χ3n) is 0.757. The maximum Gasteiger partial charge on any atom is 0.320 e. The van der Waals surface area contributed by atoms with Crippen LogP contribution < -0.4 is 5.73 Å². The molecule has 0 aromatic heterocycles. The van der Waals surface area contributed by atoms with E-state index in [1.165, 1.54) is 0 Å². The highest BCUT2D eigenvalue weighted by Crippen LogP contribution is 1.83. The minimum absolute atomic E-state index is 0. The fourth-order valence-electron chi connectivity index (χ4n) is 0.263. The van der Waals surface area contributed by atoms with Gasteiger partial charge in [-0.25, -0.2) is 0 Å². The van der Waals surface area contributed by atoms with Crippen molar-refractivity contribution in [3.05, 3.63) is 0 Å². The molecule has 0 bridgehead atoms. The van der Waals surface area contributed by atoms with Crippen molar-refractivity contribution in [1.82, 2.24) is 0 Å². The summed E-state index contributed by atoms with van der Waals surface area (Å²) in [6, 6.07) is -0.917. The van der Waals surface area contributed by atoms with E-state index in [9.17, 15) is 4.79 Å². The van der Waals surface area contributed by atoms with Crippen LogP contribution in [0.3, 0.4) is 0 Å². The molecule has 0 radical (unpaired) electrons. The number of carboxylic acid groups (broad SMARTS) is 1. The van der Waals surface area contributed by atoms with Gasteiger partial charge in [0.15, 0.2) is 0 Å². The molecular formula is C4H10ClNO3. The van der Waals surface area contributed by atoms with Crippen molar-refractivity contribution in [2.45, 2.75) is 12.5 Å². The Hall–Kier alpha value is -0.320. The van der Waals surface area contributed by atoms with Crippen molar-refractivity contribution >= 4 is 18.4 Å². The summed E-state index contributed by atoms with van der Waals surface area (Å²) in [5, 5.41) is 16.2.